The largest absolute Gasteiger partial charge is 0.491 e. The van der Waals surface area contributed by atoms with E-state index in [9.17, 15) is 14.7 Å². The first-order valence-electron chi connectivity index (χ1n) is 13.0. The summed E-state index contributed by atoms with van der Waals surface area (Å²) in [6.45, 7) is 5.83. The number of aromatic nitrogens is 1. The molecule has 0 aliphatic carbocycles. The van der Waals surface area contributed by atoms with Crippen LogP contribution in [-0.2, 0) is 29.1 Å². The van der Waals surface area contributed by atoms with Gasteiger partial charge in [-0.05, 0) is 80.3 Å². The van der Waals surface area contributed by atoms with Crippen LogP contribution < -0.4 is 21.1 Å². The highest BCUT2D eigenvalue weighted by Crippen LogP contribution is 2.29. The van der Waals surface area contributed by atoms with Gasteiger partial charge in [0, 0.05) is 30.4 Å². The number of carbonyl (C=O) groups excluding carboxylic acids is 2. The summed E-state index contributed by atoms with van der Waals surface area (Å²) < 4.78 is 11.1. The molecule has 11 nitrogen and oxygen atoms in total. The zero-order chi connectivity index (χ0) is 29.9. The Kier molecular flexibility index (Phi) is 11.3. The van der Waals surface area contributed by atoms with Gasteiger partial charge in [-0.15, -0.1) is 0 Å². The second kappa shape index (κ2) is 14.9. The number of rotatable bonds is 13. The number of amides is 1. The maximum absolute atomic E-state index is 13.2. The second-order valence-corrected chi connectivity index (χ2v) is 9.72. The molecule has 6 N–H and O–H groups in total. The number of pyridine rings is 1. The number of ether oxygens (including phenoxy) is 2. The summed E-state index contributed by atoms with van der Waals surface area (Å²) in [6, 6.07) is 11.5. The van der Waals surface area contributed by atoms with Gasteiger partial charge in [0.1, 0.15) is 11.6 Å². The molecule has 3 rings (SSSR count). The van der Waals surface area contributed by atoms with Crippen LogP contribution in [0.4, 0.5) is 11.5 Å². The van der Waals surface area contributed by atoms with Crippen LogP contribution >= 0.6 is 11.6 Å². The molecule has 0 atom stereocenters. The van der Waals surface area contributed by atoms with Crippen molar-refractivity contribution in [1.29, 1.82) is 0 Å². The summed E-state index contributed by atoms with van der Waals surface area (Å²) in [5, 5.41) is 27.9. The Bertz CT molecular complexity index is 1400. The predicted octanol–water partition coefficient (Wildman–Crippen LogP) is 4.47. The number of carbonyl (C=O) groups is 2. The smallest absolute Gasteiger partial charge is 0.306 e. The molecule has 12 heteroatoms. The molecule has 0 saturated carbocycles. The van der Waals surface area contributed by atoms with Crippen molar-refractivity contribution in [3.63, 3.8) is 0 Å². The average Bonchev–Trinajstić information content (AvgIpc) is 2.95. The fourth-order valence-corrected chi connectivity index (χ4v) is 4.19. The number of aliphatic hydroxyl groups excluding tert-OH is 1. The summed E-state index contributed by atoms with van der Waals surface area (Å²) in [5.41, 5.74) is 8.94. The van der Waals surface area contributed by atoms with E-state index in [4.69, 9.17) is 32.0 Å². The third kappa shape index (κ3) is 8.82. The van der Waals surface area contributed by atoms with Crippen molar-refractivity contribution in [3.8, 4) is 5.75 Å². The lowest BCUT2D eigenvalue weighted by Gasteiger charge is -2.20. The van der Waals surface area contributed by atoms with Crippen molar-refractivity contribution in [3.05, 3.63) is 81.5 Å². The van der Waals surface area contributed by atoms with Gasteiger partial charge in [-0.3, -0.25) is 9.59 Å². The lowest BCUT2D eigenvalue weighted by atomic mass is 9.98. The van der Waals surface area contributed by atoms with Crippen LogP contribution in [0.2, 0.25) is 5.02 Å². The van der Waals surface area contributed by atoms with Gasteiger partial charge in [-0.25, -0.2) is 4.98 Å². The van der Waals surface area contributed by atoms with Gasteiger partial charge < -0.3 is 36.2 Å². The number of halogens is 1. The van der Waals surface area contributed by atoms with Gasteiger partial charge in [0.05, 0.1) is 29.9 Å². The number of hydrogen-bond acceptors (Lipinski definition) is 9. The molecule has 0 spiro atoms. The predicted molar refractivity (Wildman–Crippen MR) is 157 cm³/mol. The molecule has 41 heavy (non-hydrogen) atoms. The summed E-state index contributed by atoms with van der Waals surface area (Å²) in [7, 11) is 0. The van der Waals surface area contributed by atoms with Gasteiger partial charge >= 0.3 is 5.97 Å². The molecule has 2 aromatic carbocycles. The third-order valence-corrected chi connectivity index (χ3v) is 6.09. The Morgan fingerprint density at radius 1 is 1.17 bits per heavy atom. The van der Waals surface area contributed by atoms with E-state index >= 15 is 0 Å². The number of oxime groups is 1. The van der Waals surface area contributed by atoms with Crippen molar-refractivity contribution >= 4 is 40.8 Å². The first-order chi connectivity index (χ1) is 19.6. The lowest BCUT2D eigenvalue weighted by molar-refractivity contribution is -0.143. The van der Waals surface area contributed by atoms with Gasteiger partial charge in [0.25, 0.3) is 5.91 Å². The highest BCUT2D eigenvalue weighted by Gasteiger charge is 2.18. The first-order valence-corrected chi connectivity index (χ1v) is 13.4. The number of esters is 1. The van der Waals surface area contributed by atoms with Crippen LogP contribution in [0.5, 0.6) is 5.75 Å². The summed E-state index contributed by atoms with van der Waals surface area (Å²) in [6.07, 6.45) is 1.79. The third-order valence-electron chi connectivity index (χ3n) is 5.88. The average molecular weight is 584 g/mol. The van der Waals surface area contributed by atoms with E-state index in [1.165, 1.54) is 12.3 Å². The van der Waals surface area contributed by atoms with Crippen LogP contribution in [0.15, 0.2) is 53.8 Å². The number of hydrogen-bond donors (Lipinski definition) is 5. The van der Waals surface area contributed by atoms with Crippen molar-refractivity contribution in [2.75, 3.05) is 17.2 Å². The molecule has 0 saturated heterocycles. The number of nitrogens with two attached hydrogens (primary N) is 1. The first kappa shape index (κ1) is 31.2. The van der Waals surface area contributed by atoms with Crippen molar-refractivity contribution < 1.29 is 29.4 Å². The highest BCUT2D eigenvalue weighted by molar-refractivity contribution is 6.31. The van der Waals surface area contributed by atoms with Crippen LogP contribution in [0, 0.1) is 0 Å². The fourth-order valence-electron chi connectivity index (χ4n) is 4.03. The van der Waals surface area contributed by atoms with Crippen molar-refractivity contribution in [1.82, 2.24) is 4.98 Å². The molecule has 0 bridgehead atoms. The summed E-state index contributed by atoms with van der Waals surface area (Å²) >= 11 is 6.17. The minimum Gasteiger partial charge on any atom is -0.491 e. The van der Waals surface area contributed by atoms with Gasteiger partial charge in [0.15, 0.2) is 5.84 Å². The number of nitrogens with zero attached hydrogens (tertiary/aromatic N) is 2. The van der Waals surface area contributed by atoms with Crippen LogP contribution in [0.1, 0.15) is 59.8 Å². The molecular weight excluding hydrogens is 550 g/mol. The summed E-state index contributed by atoms with van der Waals surface area (Å²) in [4.78, 5) is 29.7. The maximum Gasteiger partial charge on any atom is 0.306 e. The number of anilines is 2. The lowest BCUT2D eigenvalue weighted by Crippen LogP contribution is -2.17. The number of amidine groups is 1. The maximum atomic E-state index is 13.2. The van der Waals surface area contributed by atoms with Gasteiger partial charge in [-0.2, -0.15) is 0 Å². The molecule has 1 aromatic heterocycles. The standard InChI is InChI=1S/C29H34ClN5O6/c1-4-40-26(37)10-9-23-20(11-18(16-36)12-25(23)41-17(2)3)14-32-28-24(13-21(30)15-33-28)29(38)34-22-7-5-19(6-8-22)27(31)35-39/h5-8,11-13,15,17,36,39H,4,9-10,14,16H2,1-3H3,(H2,31,35)(H,32,33)(H,34,38). The van der Waals surface area contributed by atoms with E-state index in [0.717, 1.165) is 11.1 Å². The van der Waals surface area contributed by atoms with E-state index in [1.54, 1.807) is 37.3 Å². The second-order valence-electron chi connectivity index (χ2n) is 9.28. The van der Waals surface area contributed by atoms with Crippen molar-refractivity contribution in [2.24, 2.45) is 10.9 Å². The number of nitrogens with one attached hydrogen (secondary N) is 2. The zero-order valence-corrected chi connectivity index (χ0v) is 23.9. The molecule has 0 aliphatic rings. The van der Waals surface area contributed by atoms with Crippen molar-refractivity contribution in [2.45, 2.75) is 52.9 Å². The molecule has 3 aromatic rings. The molecule has 0 fully saturated rings. The SMILES string of the molecule is CCOC(=O)CCc1c(CNc2ncc(Cl)cc2C(=O)Nc2ccc(/C(N)=N/O)cc2)cc(CO)cc1OC(C)C. The van der Waals surface area contributed by atoms with E-state index in [1.807, 2.05) is 19.9 Å². The Labute approximate surface area is 243 Å². The molecule has 218 valence electrons. The minimum atomic E-state index is -0.463. The van der Waals surface area contributed by atoms with E-state index in [-0.39, 0.29) is 60.5 Å². The summed E-state index contributed by atoms with van der Waals surface area (Å²) in [5.74, 6) is -0.00939. The number of aliphatic hydroxyl groups is 1. The monoisotopic (exact) mass is 583 g/mol. The van der Waals surface area contributed by atoms with Crippen LogP contribution in [-0.4, -0.2) is 45.7 Å². The zero-order valence-electron chi connectivity index (χ0n) is 23.1. The minimum absolute atomic E-state index is 0.0535. The molecule has 0 aliphatic heterocycles. The van der Waals surface area contributed by atoms with Crippen LogP contribution in [0.25, 0.3) is 0 Å². The van der Waals surface area contributed by atoms with Gasteiger partial charge in [-0.1, -0.05) is 22.8 Å². The Morgan fingerprint density at radius 2 is 1.90 bits per heavy atom. The van der Waals surface area contributed by atoms with Gasteiger partial charge in [0.2, 0.25) is 0 Å². The molecular formula is C29H34ClN5O6. The highest BCUT2D eigenvalue weighted by atomic mass is 35.5. The van der Waals surface area contributed by atoms with E-state index in [2.05, 4.69) is 20.8 Å². The van der Waals surface area contributed by atoms with E-state index < -0.39 is 5.91 Å². The Hall–Kier alpha value is -4.35. The fraction of sp³-hybridized carbons (Fsp3) is 0.310. The molecule has 0 unspecified atom stereocenters. The molecule has 1 heterocycles. The Balaban J connectivity index is 1.89. The van der Waals surface area contributed by atoms with E-state index in [0.29, 0.717) is 29.0 Å². The normalized spacial score (nSPS) is 11.3. The molecule has 0 radical (unpaired) electrons. The molecule has 1 amide bonds. The van der Waals surface area contributed by atoms with Crippen LogP contribution in [0.3, 0.4) is 0 Å². The Morgan fingerprint density at radius 3 is 2.54 bits per heavy atom. The topological polar surface area (TPSA) is 168 Å². The number of benzene rings is 2. The quantitative estimate of drug-likeness (QED) is 0.0640.